The van der Waals surface area contributed by atoms with E-state index >= 15 is 0 Å². The Labute approximate surface area is 118 Å². The summed E-state index contributed by atoms with van der Waals surface area (Å²) in [7, 11) is 0. The molecule has 0 spiro atoms. The van der Waals surface area contributed by atoms with E-state index in [1.54, 1.807) is 24.3 Å². The molecule has 0 saturated carbocycles. The predicted octanol–water partition coefficient (Wildman–Crippen LogP) is 1.58. The van der Waals surface area contributed by atoms with Gasteiger partial charge in [-0.1, -0.05) is 12.1 Å². The van der Waals surface area contributed by atoms with E-state index in [-0.39, 0.29) is 11.7 Å². The van der Waals surface area contributed by atoms with Gasteiger partial charge in [0.05, 0.1) is 5.41 Å². The maximum Gasteiger partial charge on any atom is 0.232 e. The summed E-state index contributed by atoms with van der Waals surface area (Å²) in [6.45, 7) is 2.91. The van der Waals surface area contributed by atoms with Crippen molar-refractivity contribution < 1.29 is 14.3 Å². The van der Waals surface area contributed by atoms with Gasteiger partial charge in [0, 0.05) is 31.0 Å². The standard InChI is InChI=1S/C15H20N2O3/c1-11(18)12-3-2-4-13(9-12)17-14(19)15(10-16)5-7-20-8-6-15/h2-4,9H,5-8,10,16H2,1H3,(H,17,19). The molecule has 1 aliphatic rings. The Morgan fingerprint density at radius 3 is 2.65 bits per heavy atom. The molecule has 1 heterocycles. The fourth-order valence-electron chi connectivity index (χ4n) is 2.37. The highest BCUT2D eigenvalue weighted by atomic mass is 16.5. The molecule has 0 radical (unpaired) electrons. The Hall–Kier alpha value is -1.72. The normalized spacial score (nSPS) is 17.5. The SMILES string of the molecule is CC(=O)c1cccc(NC(=O)C2(CN)CCOCC2)c1. The summed E-state index contributed by atoms with van der Waals surface area (Å²) in [4.78, 5) is 23.8. The van der Waals surface area contributed by atoms with Crippen LogP contribution in [0.4, 0.5) is 5.69 Å². The summed E-state index contributed by atoms with van der Waals surface area (Å²) in [6.07, 6.45) is 1.25. The predicted molar refractivity (Wildman–Crippen MR) is 76.6 cm³/mol. The highest BCUT2D eigenvalue weighted by Gasteiger charge is 2.38. The van der Waals surface area contributed by atoms with Crippen molar-refractivity contribution in [2.45, 2.75) is 19.8 Å². The van der Waals surface area contributed by atoms with Gasteiger partial charge in [-0.15, -0.1) is 0 Å². The topological polar surface area (TPSA) is 81.4 Å². The van der Waals surface area contributed by atoms with Gasteiger partial charge >= 0.3 is 0 Å². The van der Waals surface area contributed by atoms with Crippen LogP contribution in [0.25, 0.3) is 0 Å². The van der Waals surface area contributed by atoms with Crippen molar-refractivity contribution in [2.24, 2.45) is 11.1 Å². The van der Waals surface area contributed by atoms with Crippen LogP contribution in [0.2, 0.25) is 0 Å². The van der Waals surface area contributed by atoms with Crippen molar-refractivity contribution >= 4 is 17.4 Å². The first-order valence-electron chi connectivity index (χ1n) is 6.78. The van der Waals surface area contributed by atoms with E-state index in [4.69, 9.17) is 10.5 Å². The summed E-state index contributed by atoms with van der Waals surface area (Å²) >= 11 is 0. The molecule has 0 unspecified atom stereocenters. The first kappa shape index (κ1) is 14.7. The van der Waals surface area contributed by atoms with Crippen molar-refractivity contribution in [3.63, 3.8) is 0 Å². The summed E-state index contributed by atoms with van der Waals surface area (Å²) in [6, 6.07) is 6.94. The Kier molecular flexibility index (Phi) is 4.52. The molecule has 20 heavy (non-hydrogen) atoms. The van der Waals surface area contributed by atoms with Gasteiger partial charge in [-0.25, -0.2) is 0 Å². The minimum Gasteiger partial charge on any atom is -0.381 e. The molecule has 0 bridgehead atoms. The molecule has 0 aliphatic carbocycles. The third-order valence-electron chi connectivity index (χ3n) is 3.85. The fourth-order valence-corrected chi connectivity index (χ4v) is 2.37. The number of ketones is 1. The van der Waals surface area contributed by atoms with Gasteiger partial charge in [0.2, 0.25) is 5.91 Å². The number of nitrogens with one attached hydrogen (secondary N) is 1. The minimum atomic E-state index is -0.565. The van der Waals surface area contributed by atoms with Gasteiger partial charge in [-0.2, -0.15) is 0 Å². The molecule has 1 aromatic carbocycles. The molecule has 2 rings (SSSR count). The molecule has 5 nitrogen and oxygen atoms in total. The Bertz CT molecular complexity index is 508. The quantitative estimate of drug-likeness (QED) is 0.818. The van der Waals surface area contributed by atoms with Crippen molar-refractivity contribution in [3.8, 4) is 0 Å². The van der Waals surface area contributed by atoms with E-state index in [1.807, 2.05) is 0 Å². The maximum absolute atomic E-state index is 12.5. The van der Waals surface area contributed by atoms with E-state index in [9.17, 15) is 9.59 Å². The van der Waals surface area contributed by atoms with Crippen LogP contribution in [-0.2, 0) is 9.53 Å². The number of ether oxygens (including phenoxy) is 1. The number of benzene rings is 1. The first-order chi connectivity index (χ1) is 9.57. The van der Waals surface area contributed by atoms with E-state index < -0.39 is 5.41 Å². The molecule has 1 fully saturated rings. The molecule has 1 aliphatic heterocycles. The molecule has 1 aromatic rings. The van der Waals surface area contributed by atoms with E-state index in [2.05, 4.69) is 5.32 Å². The van der Waals surface area contributed by atoms with Gasteiger partial charge in [0.25, 0.3) is 0 Å². The molecule has 1 amide bonds. The number of Topliss-reactive ketones (excluding diaryl/α,β-unsaturated/α-hetero) is 1. The highest BCUT2D eigenvalue weighted by molar-refractivity contribution is 5.98. The zero-order valence-electron chi connectivity index (χ0n) is 11.6. The number of rotatable bonds is 4. The molecule has 1 saturated heterocycles. The van der Waals surface area contributed by atoms with E-state index in [0.717, 1.165) is 0 Å². The van der Waals surface area contributed by atoms with Gasteiger partial charge in [0.1, 0.15) is 0 Å². The summed E-state index contributed by atoms with van der Waals surface area (Å²) < 4.78 is 5.30. The molecular weight excluding hydrogens is 256 g/mol. The Morgan fingerprint density at radius 2 is 2.05 bits per heavy atom. The number of anilines is 1. The number of carbonyl (C=O) groups excluding carboxylic acids is 2. The number of carbonyl (C=O) groups is 2. The van der Waals surface area contributed by atoms with Gasteiger partial charge < -0.3 is 15.8 Å². The van der Waals surface area contributed by atoms with Crippen LogP contribution in [0.3, 0.4) is 0 Å². The number of amides is 1. The van der Waals surface area contributed by atoms with Crippen LogP contribution in [0.1, 0.15) is 30.1 Å². The van der Waals surface area contributed by atoms with Crippen LogP contribution in [0.15, 0.2) is 24.3 Å². The minimum absolute atomic E-state index is 0.0271. The Balaban J connectivity index is 2.14. The molecule has 0 atom stereocenters. The van der Waals surface area contributed by atoms with Crippen LogP contribution in [0, 0.1) is 5.41 Å². The second-order valence-corrected chi connectivity index (χ2v) is 5.19. The summed E-state index contributed by atoms with van der Waals surface area (Å²) in [5.74, 6) is -0.121. The van der Waals surface area contributed by atoms with Crippen LogP contribution < -0.4 is 11.1 Å². The summed E-state index contributed by atoms with van der Waals surface area (Å²) in [5.41, 5.74) is 6.44. The lowest BCUT2D eigenvalue weighted by molar-refractivity contribution is -0.130. The first-order valence-corrected chi connectivity index (χ1v) is 6.78. The zero-order valence-corrected chi connectivity index (χ0v) is 11.6. The Morgan fingerprint density at radius 1 is 1.35 bits per heavy atom. The second-order valence-electron chi connectivity index (χ2n) is 5.19. The van der Waals surface area contributed by atoms with Crippen LogP contribution in [-0.4, -0.2) is 31.4 Å². The third kappa shape index (κ3) is 3.05. The van der Waals surface area contributed by atoms with Crippen LogP contribution >= 0.6 is 0 Å². The number of nitrogens with two attached hydrogens (primary N) is 1. The van der Waals surface area contributed by atoms with Gasteiger partial charge in [0.15, 0.2) is 5.78 Å². The van der Waals surface area contributed by atoms with Gasteiger partial charge in [-0.3, -0.25) is 9.59 Å². The number of hydrogen-bond acceptors (Lipinski definition) is 4. The zero-order chi connectivity index (χ0) is 14.6. The average molecular weight is 276 g/mol. The summed E-state index contributed by atoms with van der Waals surface area (Å²) in [5, 5.41) is 2.87. The van der Waals surface area contributed by atoms with Crippen molar-refractivity contribution in [2.75, 3.05) is 25.1 Å². The monoisotopic (exact) mass is 276 g/mol. The van der Waals surface area contributed by atoms with Crippen molar-refractivity contribution in [3.05, 3.63) is 29.8 Å². The second kappa shape index (κ2) is 6.15. The molecule has 108 valence electrons. The third-order valence-corrected chi connectivity index (χ3v) is 3.85. The van der Waals surface area contributed by atoms with E-state index in [1.165, 1.54) is 6.92 Å². The molecular formula is C15H20N2O3. The van der Waals surface area contributed by atoms with Crippen molar-refractivity contribution in [1.29, 1.82) is 0 Å². The maximum atomic E-state index is 12.5. The lowest BCUT2D eigenvalue weighted by Gasteiger charge is -2.34. The number of hydrogen-bond donors (Lipinski definition) is 2. The largest absolute Gasteiger partial charge is 0.381 e. The molecule has 3 N–H and O–H groups in total. The molecule has 0 aromatic heterocycles. The van der Waals surface area contributed by atoms with Gasteiger partial charge in [-0.05, 0) is 31.9 Å². The van der Waals surface area contributed by atoms with Crippen LogP contribution in [0.5, 0.6) is 0 Å². The lowest BCUT2D eigenvalue weighted by atomic mass is 9.79. The highest BCUT2D eigenvalue weighted by Crippen LogP contribution is 2.31. The lowest BCUT2D eigenvalue weighted by Crippen LogP contribution is -2.46. The van der Waals surface area contributed by atoms with Crippen molar-refractivity contribution in [1.82, 2.24) is 0 Å². The fraction of sp³-hybridized carbons (Fsp3) is 0.467. The smallest absolute Gasteiger partial charge is 0.232 e. The average Bonchev–Trinajstić information content (AvgIpc) is 2.48. The molecule has 5 heteroatoms. The van der Waals surface area contributed by atoms with E-state index in [0.29, 0.717) is 43.9 Å².